The van der Waals surface area contributed by atoms with Crippen molar-refractivity contribution in [2.24, 2.45) is 5.10 Å². The van der Waals surface area contributed by atoms with Crippen LogP contribution in [0.3, 0.4) is 0 Å². The van der Waals surface area contributed by atoms with E-state index in [1.165, 1.54) is 38.5 Å². The van der Waals surface area contributed by atoms with Gasteiger partial charge in [-0.25, -0.2) is 5.43 Å². The molecule has 7 nitrogen and oxygen atoms in total. The summed E-state index contributed by atoms with van der Waals surface area (Å²) >= 11 is 6.19. The topological polar surface area (TPSA) is 69.5 Å². The summed E-state index contributed by atoms with van der Waals surface area (Å²) in [4.78, 5) is 18.5. The van der Waals surface area contributed by atoms with E-state index in [0.29, 0.717) is 11.0 Å². The lowest BCUT2D eigenvalue weighted by Crippen LogP contribution is -2.34. The largest absolute Gasteiger partial charge is 0.341 e. The third kappa shape index (κ3) is 4.70. The second-order valence-corrected chi connectivity index (χ2v) is 7.65. The van der Waals surface area contributed by atoms with Gasteiger partial charge >= 0.3 is 0 Å². The SMILES string of the molecule is Clc1ccccc1/C=N\Nc1nc(N2CCCCC2)nc(N2CCCCC2)n1. The van der Waals surface area contributed by atoms with E-state index in [1.807, 2.05) is 24.3 Å². The summed E-state index contributed by atoms with van der Waals surface area (Å²) in [6.07, 6.45) is 8.95. The standard InChI is InChI=1S/C20H26ClN7/c21-17-10-4-3-9-16(17)15-22-26-18-23-19(27-11-5-1-6-12-27)25-20(24-18)28-13-7-2-8-14-28/h3-4,9-10,15H,1-2,5-8,11-14H2,(H,23,24,25,26)/b22-15-. The van der Waals surface area contributed by atoms with Crippen molar-refractivity contribution in [1.82, 2.24) is 15.0 Å². The average molecular weight is 400 g/mol. The molecule has 2 saturated heterocycles. The van der Waals surface area contributed by atoms with Crippen molar-refractivity contribution in [3.63, 3.8) is 0 Å². The van der Waals surface area contributed by atoms with E-state index < -0.39 is 0 Å². The lowest BCUT2D eigenvalue weighted by Gasteiger charge is -2.30. The minimum absolute atomic E-state index is 0.472. The van der Waals surface area contributed by atoms with Gasteiger partial charge in [0, 0.05) is 36.8 Å². The van der Waals surface area contributed by atoms with Gasteiger partial charge in [-0.3, -0.25) is 0 Å². The van der Waals surface area contributed by atoms with Gasteiger partial charge < -0.3 is 9.80 Å². The van der Waals surface area contributed by atoms with Gasteiger partial charge in [-0.2, -0.15) is 20.1 Å². The minimum Gasteiger partial charge on any atom is -0.341 e. The zero-order valence-electron chi connectivity index (χ0n) is 16.0. The molecule has 2 aliphatic heterocycles. The van der Waals surface area contributed by atoms with Crippen molar-refractivity contribution >= 4 is 35.7 Å². The van der Waals surface area contributed by atoms with Crippen LogP contribution in [0.5, 0.6) is 0 Å². The van der Waals surface area contributed by atoms with Crippen molar-refractivity contribution in [3.05, 3.63) is 34.9 Å². The molecule has 0 aliphatic carbocycles. The van der Waals surface area contributed by atoms with Gasteiger partial charge in [0.1, 0.15) is 0 Å². The van der Waals surface area contributed by atoms with Crippen LogP contribution in [0.4, 0.5) is 17.8 Å². The maximum absolute atomic E-state index is 6.19. The van der Waals surface area contributed by atoms with Crippen LogP contribution in [0.1, 0.15) is 44.1 Å². The number of aromatic nitrogens is 3. The normalized spacial score (nSPS) is 17.9. The van der Waals surface area contributed by atoms with Crippen molar-refractivity contribution in [1.29, 1.82) is 0 Å². The molecule has 2 fully saturated rings. The van der Waals surface area contributed by atoms with E-state index in [4.69, 9.17) is 16.6 Å². The molecule has 0 amide bonds. The number of hydrazone groups is 1. The number of nitrogens with one attached hydrogen (secondary N) is 1. The Morgan fingerprint density at radius 1 is 0.821 bits per heavy atom. The monoisotopic (exact) mass is 399 g/mol. The third-order valence-electron chi connectivity index (χ3n) is 5.16. The zero-order chi connectivity index (χ0) is 19.2. The predicted octanol–water partition coefficient (Wildman–Crippen LogP) is 3.95. The van der Waals surface area contributed by atoms with Gasteiger partial charge in [0.25, 0.3) is 0 Å². The van der Waals surface area contributed by atoms with E-state index in [9.17, 15) is 0 Å². The lowest BCUT2D eigenvalue weighted by atomic mass is 10.1. The van der Waals surface area contributed by atoms with Crippen molar-refractivity contribution in [2.75, 3.05) is 41.4 Å². The number of piperidine rings is 2. The van der Waals surface area contributed by atoms with Crippen LogP contribution in [-0.2, 0) is 0 Å². The van der Waals surface area contributed by atoms with Crippen LogP contribution in [-0.4, -0.2) is 47.3 Å². The molecule has 0 unspecified atom stereocenters. The van der Waals surface area contributed by atoms with Crippen molar-refractivity contribution in [3.8, 4) is 0 Å². The summed E-state index contributed by atoms with van der Waals surface area (Å²) in [5.74, 6) is 1.95. The molecule has 1 aromatic carbocycles. The van der Waals surface area contributed by atoms with Crippen LogP contribution in [0.2, 0.25) is 5.02 Å². The van der Waals surface area contributed by atoms with Crippen molar-refractivity contribution in [2.45, 2.75) is 38.5 Å². The van der Waals surface area contributed by atoms with Gasteiger partial charge in [-0.05, 0) is 44.6 Å². The van der Waals surface area contributed by atoms with Crippen LogP contribution in [0, 0.1) is 0 Å². The fourth-order valence-electron chi connectivity index (χ4n) is 3.61. The Labute approximate surface area is 170 Å². The van der Waals surface area contributed by atoms with Crippen LogP contribution < -0.4 is 15.2 Å². The highest BCUT2D eigenvalue weighted by atomic mass is 35.5. The third-order valence-corrected chi connectivity index (χ3v) is 5.51. The summed E-state index contributed by atoms with van der Waals surface area (Å²) in [6, 6.07) is 7.59. The van der Waals surface area contributed by atoms with E-state index in [1.54, 1.807) is 6.21 Å². The molecular formula is C20H26ClN7. The van der Waals surface area contributed by atoms with Gasteiger partial charge in [0.2, 0.25) is 17.8 Å². The molecule has 0 radical (unpaired) electrons. The minimum atomic E-state index is 0.472. The Morgan fingerprint density at radius 3 is 1.96 bits per heavy atom. The number of hydrogen-bond acceptors (Lipinski definition) is 7. The Hall–Kier alpha value is -2.41. The number of halogens is 1. The highest BCUT2D eigenvalue weighted by Gasteiger charge is 2.20. The molecule has 0 saturated carbocycles. The van der Waals surface area contributed by atoms with Gasteiger partial charge in [-0.1, -0.05) is 29.8 Å². The fraction of sp³-hybridized carbons (Fsp3) is 0.500. The summed E-state index contributed by atoms with van der Waals surface area (Å²) in [7, 11) is 0. The first-order valence-corrected chi connectivity index (χ1v) is 10.5. The number of nitrogens with zero attached hydrogens (tertiary/aromatic N) is 6. The van der Waals surface area contributed by atoms with E-state index in [2.05, 4.69) is 30.3 Å². The molecule has 1 N–H and O–H groups in total. The highest BCUT2D eigenvalue weighted by molar-refractivity contribution is 6.33. The van der Waals surface area contributed by atoms with Crippen LogP contribution in [0.25, 0.3) is 0 Å². The molecule has 2 aromatic rings. The van der Waals surface area contributed by atoms with Crippen LogP contribution >= 0.6 is 11.6 Å². The summed E-state index contributed by atoms with van der Waals surface area (Å²) in [6.45, 7) is 3.97. The summed E-state index contributed by atoms with van der Waals surface area (Å²) in [5, 5.41) is 4.95. The summed E-state index contributed by atoms with van der Waals surface area (Å²) < 4.78 is 0. The van der Waals surface area contributed by atoms with E-state index >= 15 is 0 Å². The number of rotatable bonds is 5. The fourth-order valence-corrected chi connectivity index (χ4v) is 3.80. The quantitative estimate of drug-likeness (QED) is 0.606. The Balaban J connectivity index is 1.56. The molecule has 0 bridgehead atoms. The molecule has 0 atom stereocenters. The van der Waals surface area contributed by atoms with E-state index in [-0.39, 0.29) is 0 Å². The first kappa shape index (κ1) is 18.9. The molecule has 1 aromatic heterocycles. The van der Waals surface area contributed by atoms with Gasteiger partial charge in [-0.15, -0.1) is 0 Å². The summed E-state index contributed by atoms with van der Waals surface area (Å²) in [5.41, 5.74) is 3.82. The molecule has 0 spiro atoms. The molecule has 8 heteroatoms. The Morgan fingerprint density at radius 2 is 1.39 bits per heavy atom. The van der Waals surface area contributed by atoms with Gasteiger partial charge in [0.05, 0.1) is 6.21 Å². The average Bonchev–Trinajstić information content (AvgIpc) is 2.76. The molecule has 3 heterocycles. The molecular weight excluding hydrogens is 374 g/mol. The molecule has 4 rings (SSSR count). The Bertz CT molecular complexity index is 778. The highest BCUT2D eigenvalue weighted by Crippen LogP contribution is 2.22. The maximum atomic E-state index is 6.19. The van der Waals surface area contributed by atoms with E-state index in [0.717, 1.165) is 43.6 Å². The smallest absolute Gasteiger partial charge is 0.250 e. The number of anilines is 3. The van der Waals surface area contributed by atoms with Gasteiger partial charge in [0.15, 0.2) is 0 Å². The second-order valence-electron chi connectivity index (χ2n) is 7.25. The number of benzene rings is 1. The maximum Gasteiger partial charge on any atom is 0.250 e. The van der Waals surface area contributed by atoms with Crippen LogP contribution in [0.15, 0.2) is 29.4 Å². The lowest BCUT2D eigenvalue weighted by molar-refractivity contribution is 0.556. The molecule has 28 heavy (non-hydrogen) atoms. The first-order valence-electron chi connectivity index (χ1n) is 10.1. The number of hydrogen-bond donors (Lipinski definition) is 1. The molecule has 148 valence electrons. The zero-order valence-corrected chi connectivity index (χ0v) is 16.8. The first-order chi connectivity index (χ1) is 13.8. The predicted molar refractivity (Wildman–Crippen MR) is 115 cm³/mol. The van der Waals surface area contributed by atoms with Crippen molar-refractivity contribution < 1.29 is 0 Å². The molecule has 2 aliphatic rings. The second kappa shape index (κ2) is 9.19. The Kier molecular flexibility index (Phi) is 6.21.